The molecular weight excluding hydrogens is 361 g/mol. The van der Waals surface area contributed by atoms with Crippen molar-refractivity contribution in [3.63, 3.8) is 0 Å². The van der Waals surface area contributed by atoms with Crippen LogP contribution in [0.15, 0.2) is 18.2 Å². The van der Waals surface area contributed by atoms with Gasteiger partial charge in [-0.1, -0.05) is 30.2 Å². The van der Waals surface area contributed by atoms with E-state index in [1.54, 1.807) is 11.0 Å². The average molecular weight is 386 g/mol. The number of thiazole rings is 1. The molecule has 0 radical (unpaired) electrons. The third-order valence-electron chi connectivity index (χ3n) is 4.55. The number of para-hydroxylation sites is 1. The van der Waals surface area contributed by atoms with Gasteiger partial charge in [-0.05, 0) is 52.0 Å². The fraction of sp³-hybridized carbons (Fsp3) is 0.556. The second-order valence-electron chi connectivity index (χ2n) is 6.71. The Morgan fingerprint density at radius 3 is 2.64 bits per heavy atom. The molecule has 1 aliphatic carbocycles. The van der Waals surface area contributed by atoms with E-state index in [0.29, 0.717) is 17.2 Å². The third kappa shape index (κ3) is 4.68. The predicted molar refractivity (Wildman–Crippen MR) is 104 cm³/mol. The van der Waals surface area contributed by atoms with Crippen LogP contribution in [-0.4, -0.2) is 43.0 Å². The zero-order valence-electron chi connectivity index (χ0n) is 14.7. The maximum Gasteiger partial charge on any atom is 0.231 e. The van der Waals surface area contributed by atoms with Gasteiger partial charge in [-0.2, -0.15) is 0 Å². The van der Waals surface area contributed by atoms with Gasteiger partial charge in [0, 0.05) is 12.5 Å². The lowest BCUT2D eigenvalue weighted by molar-refractivity contribution is -0.122. The monoisotopic (exact) mass is 385 g/mol. The first-order valence-electron chi connectivity index (χ1n) is 8.57. The summed E-state index contributed by atoms with van der Waals surface area (Å²) in [7, 11) is 4.05. The minimum absolute atomic E-state index is 0. The molecule has 0 saturated heterocycles. The zero-order valence-corrected chi connectivity index (χ0v) is 16.3. The molecule has 1 aliphatic rings. The molecule has 1 fully saturated rings. The normalized spacial score (nSPS) is 14.9. The van der Waals surface area contributed by atoms with Crippen LogP contribution in [-0.2, 0) is 4.79 Å². The van der Waals surface area contributed by atoms with Crippen molar-refractivity contribution in [1.82, 2.24) is 9.88 Å². The number of anilines is 1. The van der Waals surface area contributed by atoms with Gasteiger partial charge in [-0.3, -0.25) is 9.69 Å². The number of benzene rings is 1. The lowest BCUT2D eigenvalue weighted by atomic mass is 10.1. The van der Waals surface area contributed by atoms with Gasteiger partial charge in [0.2, 0.25) is 5.91 Å². The molecule has 1 aromatic heterocycles. The summed E-state index contributed by atoms with van der Waals surface area (Å²) in [5, 5.41) is 0.630. The average Bonchev–Trinajstić information content (AvgIpc) is 3.20. The Balaban J connectivity index is 0.00000225. The number of nitrogens with zero attached hydrogens (tertiary/aromatic N) is 3. The van der Waals surface area contributed by atoms with Crippen molar-refractivity contribution >= 4 is 45.0 Å². The van der Waals surface area contributed by atoms with Gasteiger partial charge in [-0.25, -0.2) is 9.37 Å². The molecule has 0 unspecified atom stereocenters. The maximum atomic E-state index is 14.0. The van der Waals surface area contributed by atoms with E-state index in [2.05, 4.69) is 9.88 Å². The summed E-state index contributed by atoms with van der Waals surface area (Å²) in [4.78, 5) is 21.3. The first kappa shape index (κ1) is 20.1. The molecule has 1 aromatic carbocycles. The molecule has 1 saturated carbocycles. The Labute approximate surface area is 158 Å². The van der Waals surface area contributed by atoms with Crippen molar-refractivity contribution in [2.75, 3.05) is 32.1 Å². The molecule has 0 bridgehead atoms. The molecule has 25 heavy (non-hydrogen) atoms. The van der Waals surface area contributed by atoms with E-state index >= 15 is 0 Å². The summed E-state index contributed by atoms with van der Waals surface area (Å²) < 4.78 is 14.8. The molecule has 7 heteroatoms. The minimum atomic E-state index is -0.323. The molecule has 0 N–H and O–H groups in total. The fourth-order valence-electron chi connectivity index (χ4n) is 3.26. The van der Waals surface area contributed by atoms with E-state index in [-0.39, 0.29) is 30.0 Å². The number of carbonyl (C=O) groups is 1. The topological polar surface area (TPSA) is 36.4 Å². The molecule has 3 rings (SSSR count). The van der Waals surface area contributed by atoms with Crippen LogP contribution in [0.25, 0.3) is 10.2 Å². The zero-order chi connectivity index (χ0) is 17.1. The molecular formula is C18H25ClFN3OS. The molecule has 0 aliphatic heterocycles. The first-order valence-corrected chi connectivity index (χ1v) is 9.39. The maximum absolute atomic E-state index is 14.0. The van der Waals surface area contributed by atoms with E-state index in [1.165, 1.54) is 17.4 Å². The number of aromatic nitrogens is 1. The van der Waals surface area contributed by atoms with Crippen molar-refractivity contribution < 1.29 is 9.18 Å². The summed E-state index contributed by atoms with van der Waals surface area (Å²) in [5.74, 6) is -0.0662. The Kier molecular flexibility index (Phi) is 7.16. The van der Waals surface area contributed by atoms with E-state index in [9.17, 15) is 9.18 Å². The molecule has 1 amide bonds. The van der Waals surface area contributed by atoms with Gasteiger partial charge in [0.15, 0.2) is 5.13 Å². The SMILES string of the molecule is CN(C)CCCN(C(=O)C1CCCC1)c1nc2c(F)cccc2s1.Cl. The van der Waals surface area contributed by atoms with Gasteiger partial charge in [0.1, 0.15) is 11.3 Å². The number of fused-ring (bicyclic) bond motifs is 1. The highest BCUT2D eigenvalue weighted by molar-refractivity contribution is 7.22. The summed E-state index contributed by atoms with van der Waals surface area (Å²) in [6.07, 6.45) is 5.04. The van der Waals surface area contributed by atoms with Crippen LogP contribution in [0.2, 0.25) is 0 Å². The fourth-order valence-corrected chi connectivity index (χ4v) is 4.27. The second-order valence-corrected chi connectivity index (χ2v) is 7.72. The molecule has 2 aromatic rings. The minimum Gasteiger partial charge on any atom is -0.309 e. The van der Waals surface area contributed by atoms with E-state index in [4.69, 9.17) is 0 Å². The predicted octanol–water partition coefficient (Wildman–Crippen LogP) is 4.33. The highest BCUT2D eigenvalue weighted by Gasteiger charge is 2.29. The first-order chi connectivity index (χ1) is 11.6. The van der Waals surface area contributed by atoms with Crippen molar-refractivity contribution in [2.24, 2.45) is 5.92 Å². The van der Waals surface area contributed by atoms with E-state index < -0.39 is 0 Å². The number of halogens is 2. The highest BCUT2D eigenvalue weighted by atomic mass is 35.5. The summed E-state index contributed by atoms with van der Waals surface area (Å²) in [6.45, 7) is 1.54. The van der Waals surface area contributed by atoms with Gasteiger partial charge in [0.05, 0.1) is 4.70 Å². The van der Waals surface area contributed by atoms with Crippen molar-refractivity contribution in [1.29, 1.82) is 0 Å². The highest BCUT2D eigenvalue weighted by Crippen LogP contribution is 2.33. The van der Waals surface area contributed by atoms with Crippen LogP contribution >= 0.6 is 23.7 Å². The molecule has 1 heterocycles. The molecule has 4 nitrogen and oxygen atoms in total. The Morgan fingerprint density at radius 2 is 2.00 bits per heavy atom. The smallest absolute Gasteiger partial charge is 0.231 e. The quantitative estimate of drug-likeness (QED) is 0.742. The Bertz CT molecular complexity index is 715. The van der Waals surface area contributed by atoms with Crippen LogP contribution in [0.3, 0.4) is 0 Å². The second kappa shape index (κ2) is 8.92. The van der Waals surface area contributed by atoms with Gasteiger partial charge in [-0.15, -0.1) is 12.4 Å². The molecule has 0 spiro atoms. The van der Waals surface area contributed by atoms with E-state index in [0.717, 1.165) is 43.3 Å². The van der Waals surface area contributed by atoms with Crippen LogP contribution in [0.4, 0.5) is 9.52 Å². The number of hydrogen-bond donors (Lipinski definition) is 0. The van der Waals surface area contributed by atoms with E-state index in [1.807, 2.05) is 20.2 Å². The molecule has 138 valence electrons. The van der Waals surface area contributed by atoms with Gasteiger partial charge >= 0.3 is 0 Å². The number of carbonyl (C=O) groups excluding carboxylic acids is 1. The van der Waals surface area contributed by atoms with Gasteiger partial charge < -0.3 is 4.90 Å². The largest absolute Gasteiger partial charge is 0.309 e. The number of hydrogen-bond acceptors (Lipinski definition) is 4. The van der Waals surface area contributed by atoms with Crippen LogP contribution in [0, 0.1) is 11.7 Å². The van der Waals surface area contributed by atoms with Crippen LogP contribution in [0.1, 0.15) is 32.1 Å². The summed E-state index contributed by atoms with van der Waals surface area (Å²) >= 11 is 1.41. The summed E-state index contributed by atoms with van der Waals surface area (Å²) in [5.41, 5.74) is 0.370. The molecule has 0 atom stereocenters. The lowest BCUT2D eigenvalue weighted by Crippen LogP contribution is -2.37. The Morgan fingerprint density at radius 1 is 1.28 bits per heavy atom. The third-order valence-corrected chi connectivity index (χ3v) is 5.59. The van der Waals surface area contributed by atoms with Crippen LogP contribution in [0.5, 0.6) is 0 Å². The standard InChI is InChI=1S/C18H24FN3OS.ClH/c1-21(2)11-6-12-22(17(23)13-7-3-4-8-13)18-20-16-14(19)9-5-10-15(16)24-18;/h5,9-10,13H,3-4,6-8,11-12H2,1-2H3;1H. The lowest BCUT2D eigenvalue weighted by Gasteiger charge is -2.23. The van der Waals surface area contributed by atoms with Crippen molar-refractivity contribution in [2.45, 2.75) is 32.1 Å². The van der Waals surface area contributed by atoms with Crippen molar-refractivity contribution in [3.05, 3.63) is 24.0 Å². The Hall–Kier alpha value is -1.24. The summed E-state index contributed by atoms with van der Waals surface area (Å²) in [6, 6.07) is 4.97. The van der Waals surface area contributed by atoms with Crippen molar-refractivity contribution in [3.8, 4) is 0 Å². The van der Waals surface area contributed by atoms with Crippen LogP contribution < -0.4 is 4.90 Å². The van der Waals surface area contributed by atoms with Gasteiger partial charge in [0.25, 0.3) is 0 Å². The number of amides is 1. The number of rotatable bonds is 6.